The number of benzene rings is 2. The molecule has 0 atom stereocenters. The molecular formula is C31H33N5O3. The van der Waals surface area contributed by atoms with Crippen molar-refractivity contribution in [3.63, 3.8) is 0 Å². The van der Waals surface area contributed by atoms with Crippen LogP contribution in [0.25, 0.3) is 34.1 Å². The summed E-state index contributed by atoms with van der Waals surface area (Å²) in [4.78, 5) is 28.7. The second-order valence-electron chi connectivity index (χ2n) is 11.0. The van der Waals surface area contributed by atoms with E-state index in [1.165, 1.54) is 6.08 Å². The number of hydrogen-bond donors (Lipinski definition) is 2. The monoisotopic (exact) mass is 523 g/mol. The first kappa shape index (κ1) is 26.2. The third-order valence-corrected chi connectivity index (χ3v) is 6.98. The van der Waals surface area contributed by atoms with Gasteiger partial charge in [0.15, 0.2) is 5.65 Å². The maximum atomic E-state index is 12.6. The lowest BCUT2D eigenvalue weighted by molar-refractivity contribution is -0.113. The van der Waals surface area contributed by atoms with Crippen LogP contribution in [0.2, 0.25) is 0 Å². The molecule has 39 heavy (non-hydrogen) atoms. The van der Waals surface area contributed by atoms with Gasteiger partial charge in [0.2, 0.25) is 5.91 Å². The SMILES string of the molecule is Cc1nc2cc(-c3ccccc3)c(-c3ccc(C4(NC(=O)OC(C)(C)C)CCC4)cc3)nn2c1C=CC(N)=O. The van der Waals surface area contributed by atoms with Crippen LogP contribution in [0.4, 0.5) is 4.79 Å². The third kappa shape index (κ3) is 5.41. The van der Waals surface area contributed by atoms with E-state index in [2.05, 4.69) is 22.4 Å². The van der Waals surface area contributed by atoms with Crippen molar-refractivity contribution in [2.45, 2.75) is 58.1 Å². The second-order valence-corrected chi connectivity index (χ2v) is 11.0. The molecule has 1 aliphatic rings. The topological polar surface area (TPSA) is 112 Å². The molecule has 3 N–H and O–H groups in total. The first-order chi connectivity index (χ1) is 18.5. The first-order valence-corrected chi connectivity index (χ1v) is 13.1. The summed E-state index contributed by atoms with van der Waals surface area (Å²) in [7, 11) is 0. The van der Waals surface area contributed by atoms with Crippen molar-refractivity contribution < 1.29 is 14.3 Å². The van der Waals surface area contributed by atoms with Gasteiger partial charge in [-0.25, -0.2) is 14.3 Å². The molecule has 0 radical (unpaired) electrons. The fourth-order valence-electron chi connectivity index (χ4n) is 4.97. The largest absolute Gasteiger partial charge is 0.444 e. The Morgan fingerprint density at radius 1 is 1.05 bits per heavy atom. The Kier molecular flexibility index (Phi) is 6.72. The molecule has 8 nitrogen and oxygen atoms in total. The highest BCUT2D eigenvalue weighted by Crippen LogP contribution is 2.42. The Hall–Kier alpha value is -4.46. The van der Waals surface area contributed by atoms with Crippen LogP contribution in [-0.2, 0) is 15.1 Å². The highest BCUT2D eigenvalue weighted by molar-refractivity contribution is 5.90. The van der Waals surface area contributed by atoms with Gasteiger partial charge in [0, 0.05) is 17.2 Å². The number of carbonyl (C=O) groups is 2. The normalized spacial score (nSPS) is 14.8. The Labute approximate surface area is 227 Å². The van der Waals surface area contributed by atoms with Gasteiger partial charge in [-0.05, 0) is 70.2 Å². The lowest BCUT2D eigenvalue weighted by Gasteiger charge is -2.43. The number of fused-ring (bicyclic) bond motifs is 1. The Morgan fingerprint density at radius 3 is 2.33 bits per heavy atom. The van der Waals surface area contributed by atoms with E-state index in [0.29, 0.717) is 11.3 Å². The van der Waals surface area contributed by atoms with Crippen molar-refractivity contribution in [1.29, 1.82) is 0 Å². The minimum Gasteiger partial charge on any atom is -0.444 e. The summed E-state index contributed by atoms with van der Waals surface area (Å²) >= 11 is 0. The lowest BCUT2D eigenvalue weighted by atomic mass is 9.71. The summed E-state index contributed by atoms with van der Waals surface area (Å²) in [5, 5.41) is 8.12. The van der Waals surface area contributed by atoms with Crippen molar-refractivity contribution in [1.82, 2.24) is 19.9 Å². The summed E-state index contributed by atoms with van der Waals surface area (Å²) in [5.74, 6) is -0.536. The predicted octanol–water partition coefficient (Wildman–Crippen LogP) is 5.77. The highest BCUT2D eigenvalue weighted by Gasteiger charge is 2.41. The van der Waals surface area contributed by atoms with Gasteiger partial charge in [-0.3, -0.25) is 4.79 Å². The number of nitrogens with zero attached hydrogens (tertiary/aromatic N) is 3. The molecule has 8 heteroatoms. The number of ether oxygens (including phenoxy) is 1. The number of amides is 2. The fraction of sp³-hybridized carbons (Fsp3) is 0.290. The summed E-state index contributed by atoms with van der Waals surface area (Å²) in [5.41, 5.74) is 11.1. The van der Waals surface area contributed by atoms with Gasteiger partial charge in [0.1, 0.15) is 5.60 Å². The number of imidazole rings is 1. The zero-order chi connectivity index (χ0) is 27.8. The summed E-state index contributed by atoms with van der Waals surface area (Å²) in [6.07, 6.45) is 5.30. The molecule has 0 spiro atoms. The lowest BCUT2D eigenvalue weighted by Crippen LogP contribution is -2.52. The van der Waals surface area contributed by atoms with Crippen LogP contribution < -0.4 is 11.1 Å². The molecule has 4 aromatic rings. The Balaban J connectivity index is 1.57. The molecule has 5 rings (SSSR count). The predicted molar refractivity (Wildman–Crippen MR) is 152 cm³/mol. The Morgan fingerprint density at radius 2 is 1.74 bits per heavy atom. The maximum Gasteiger partial charge on any atom is 0.408 e. The van der Waals surface area contributed by atoms with Gasteiger partial charge >= 0.3 is 6.09 Å². The average Bonchev–Trinajstić information content (AvgIpc) is 3.17. The van der Waals surface area contributed by atoms with Gasteiger partial charge in [-0.2, -0.15) is 5.10 Å². The molecule has 1 saturated carbocycles. The molecule has 0 unspecified atom stereocenters. The Bertz CT molecular complexity index is 1560. The number of nitrogens with two attached hydrogens (primary N) is 1. The minimum absolute atomic E-state index is 0.406. The number of primary amides is 1. The van der Waals surface area contributed by atoms with Gasteiger partial charge in [-0.15, -0.1) is 0 Å². The van der Waals surface area contributed by atoms with E-state index in [9.17, 15) is 9.59 Å². The zero-order valence-corrected chi connectivity index (χ0v) is 22.7. The minimum atomic E-state index is -0.561. The fourth-order valence-corrected chi connectivity index (χ4v) is 4.97. The summed E-state index contributed by atoms with van der Waals surface area (Å²) in [6, 6.07) is 20.3. The van der Waals surface area contributed by atoms with Crippen molar-refractivity contribution in [3.8, 4) is 22.4 Å². The molecule has 200 valence electrons. The van der Waals surface area contributed by atoms with Crippen molar-refractivity contribution >= 4 is 23.7 Å². The number of aromatic nitrogens is 3. The van der Waals surface area contributed by atoms with Gasteiger partial charge in [0.05, 0.1) is 22.6 Å². The van der Waals surface area contributed by atoms with E-state index >= 15 is 0 Å². The van der Waals surface area contributed by atoms with Crippen LogP contribution in [0.15, 0.2) is 66.7 Å². The first-order valence-electron chi connectivity index (χ1n) is 13.1. The van der Waals surface area contributed by atoms with Gasteiger partial charge in [-0.1, -0.05) is 54.6 Å². The van der Waals surface area contributed by atoms with Crippen LogP contribution in [0.1, 0.15) is 57.0 Å². The number of hydrogen-bond acceptors (Lipinski definition) is 5. The van der Waals surface area contributed by atoms with E-state index in [-0.39, 0.29) is 0 Å². The molecule has 0 saturated heterocycles. The number of carbonyl (C=O) groups excluding carboxylic acids is 2. The van der Waals surface area contributed by atoms with Crippen LogP contribution in [0.5, 0.6) is 0 Å². The highest BCUT2D eigenvalue weighted by atomic mass is 16.6. The molecule has 2 aromatic carbocycles. The van der Waals surface area contributed by atoms with Crippen molar-refractivity contribution in [3.05, 3.63) is 83.7 Å². The smallest absolute Gasteiger partial charge is 0.408 e. The van der Waals surface area contributed by atoms with E-state index in [0.717, 1.165) is 52.9 Å². The standard InChI is InChI=1S/C31H33N5O3/c1-20-25(15-16-26(32)37)36-27(33-20)19-24(21-9-6-5-7-10-21)28(35-36)22-11-13-23(14-12-22)31(17-8-18-31)34-29(38)39-30(2,3)4/h5-7,9-16,19H,8,17-18H2,1-4H3,(H2,32,37)(H,34,38). The average molecular weight is 524 g/mol. The molecule has 2 amide bonds. The van der Waals surface area contributed by atoms with Crippen molar-refractivity contribution in [2.24, 2.45) is 5.73 Å². The van der Waals surface area contributed by atoms with Crippen LogP contribution >= 0.6 is 0 Å². The molecule has 2 aromatic heterocycles. The molecule has 0 aliphatic heterocycles. The number of rotatable bonds is 6. The van der Waals surface area contributed by atoms with Crippen molar-refractivity contribution in [2.75, 3.05) is 0 Å². The van der Waals surface area contributed by atoms with E-state index < -0.39 is 23.1 Å². The van der Waals surface area contributed by atoms with Crippen LogP contribution in [0, 0.1) is 6.92 Å². The van der Waals surface area contributed by atoms with Crippen LogP contribution in [-0.4, -0.2) is 32.2 Å². The summed E-state index contributed by atoms with van der Waals surface area (Å²) in [6.45, 7) is 7.46. The number of nitrogens with one attached hydrogen (secondary N) is 1. The molecule has 1 fully saturated rings. The summed E-state index contributed by atoms with van der Waals surface area (Å²) < 4.78 is 7.27. The number of aryl methyl sites for hydroxylation is 1. The van der Waals surface area contributed by atoms with Gasteiger partial charge in [0.25, 0.3) is 0 Å². The quantitative estimate of drug-likeness (QED) is 0.312. The van der Waals surface area contributed by atoms with E-state index in [1.807, 2.05) is 76.2 Å². The molecule has 2 heterocycles. The van der Waals surface area contributed by atoms with E-state index in [1.54, 1.807) is 10.6 Å². The molecule has 1 aliphatic carbocycles. The molecule has 0 bridgehead atoms. The maximum absolute atomic E-state index is 12.6. The third-order valence-electron chi connectivity index (χ3n) is 6.98. The van der Waals surface area contributed by atoms with Gasteiger partial charge < -0.3 is 15.8 Å². The number of alkyl carbamates (subject to hydrolysis) is 1. The zero-order valence-electron chi connectivity index (χ0n) is 22.7. The second kappa shape index (κ2) is 10.0. The van der Waals surface area contributed by atoms with Crippen LogP contribution in [0.3, 0.4) is 0 Å². The molecular weight excluding hydrogens is 490 g/mol. The van der Waals surface area contributed by atoms with E-state index in [4.69, 9.17) is 15.6 Å².